The van der Waals surface area contributed by atoms with E-state index in [0.717, 1.165) is 37.1 Å². The number of likely N-dealkylation sites (N-methyl/N-ethyl adjacent to an activating group) is 1. The Labute approximate surface area is 211 Å². The maximum Gasteiger partial charge on any atom is 0.0473 e. The van der Waals surface area contributed by atoms with E-state index >= 15 is 0 Å². The predicted molar refractivity (Wildman–Crippen MR) is 157 cm³/mol. The van der Waals surface area contributed by atoms with Crippen molar-refractivity contribution in [3.8, 4) is 0 Å². The highest BCUT2D eigenvalue weighted by Crippen LogP contribution is 2.06. The van der Waals surface area contributed by atoms with Crippen molar-refractivity contribution in [1.29, 1.82) is 0 Å². The molecule has 0 aliphatic rings. The highest BCUT2D eigenvalue weighted by molar-refractivity contribution is 5.33. The molecular weight excluding hydrogens is 412 g/mol. The van der Waals surface area contributed by atoms with Gasteiger partial charge in [0.05, 0.1) is 0 Å². The maximum atomic E-state index is 4.05. The molecule has 1 rings (SSSR count). The minimum Gasteiger partial charge on any atom is -0.382 e. The Hall–Kier alpha value is -2.84. The molecule has 0 aliphatic carbocycles. The second-order valence-corrected chi connectivity index (χ2v) is 7.66. The topological polar surface area (TPSA) is 24.1 Å². The molecule has 1 atom stereocenters. The zero-order valence-corrected chi connectivity index (χ0v) is 22.6. The van der Waals surface area contributed by atoms with Gasteiger partial charge < -0.3 is 10.6 Å². The zero-order valence-electron chi connectivity index (χ0n) is 22.6. The fourth-order valence-corrected chi connectivity index (χ4v) is 2.76. The van der Waals surface area contributed by atoms with Crippen molar-refractivity contribution in [1.82, 2.24) is 10.6 Å². The second kappa shape index (κ2) is 24.8. The van der Waals surface area contributed by atoms with Crippen LogP contribution in [0.25, 0.3) is 0 Å². The summed E-state index contributed by atoms with van der Waals surface area (Å²) < 4.78 is 0. The van der Waals surface area contributed by atoms with Gasteiger partial charge in [-0.25, -0.2) is 0 Å². The lowest BCUT2D eigenvalue weighted by Gasteiger charge is -2.16. The second-order valence-electron chi connectivity index (χ2n) is 7.66. The molecule has 0 bridgehead atoms. The van der Waals surface area contributed by atoms with Gasteiger partial charge in [0.25, 0.3) is 0 Å². The van der Waals surface area contributed by atoms with E-state index in [0.29, 0.717) is 0 Å². The fourth-order valence-electron chi connectivity index (χ4n) is 2.76. The van der Waals surface area contributed by atoms with Gasteiger partial charge in [-0.15, -0.1) is 6.58 Å². The number of nitrogens with one attached hydrogen (secondary N) is 2. The third-order valence-corrected chi connectivity index (χ3v) is 4.76. The SMILES string of the molecule is C=C/C=C(C=C)/C=C/C=C/CC(C=C)NC(=C)CCCC.CC.CNCCc1ccc(C)cc1. The summed E-state index contributed by atoms with van der Waals surface area (Å²) in [4.78, 5) is 0. The summed E-state index contributed by atoms with van der Waals surface area (Å²) >= 11 is 0. The average Bonchev–Trinajstić information content (AvgIpc) is 2.87. The quantitative estimate of drug-likeness (QED) is 0.202. The van der Waals surface area contributed by atoms with E-state index in [1.165, 1.54) is 24.0 Å². The van der Waals surface area contributed by atoms with Gasteiger partial charge in [-0.05, 0) is 57.3 Å². The van der Waals surface area contributed by atoms with E-state index < -0.39 is 0 Å². The van der Waals surface area contributed by atoms with Crippen molar-refractivity contribution in [3.63, 3.8) is 0 Å². The molecule has 1 unspecified atom stereocenters. The summed E-state index contributed by atoms with van der Waals surface area (Å²) in [7, 11) is 1.98. The molecule has 0 saturated heterocycles. The number of allylic oxidation sites excluding steroid dienone is 8. The van der Waals surface area contributed by atoms with Crippen LogP contribution in [0.4, 0.5) is 0 Å². The van der Waals surface area contributed by atoms with Gasteiger partial charge in [-0.2, -0.15) is 0 Å². The molecule has 2 heteroatoms. The van der Waals surface area contributed by atoms with Crippen LogP contribution in [0, 0.1) is 6.92 Å². The lowest BCUT2D eigenvalue weighted by molar-refractivity contribution is 0.635. The Bertz CT molecular complexity index is 748. The van der Waals surface area contributed by atoms with Crippen LogP contribution in [0.15, 0.2) is 110 Å². The van der Waals surface area contributed by atoms with Crippen molar-refractivity contribution in [2.75, 3.05) is 13.6 Å². The molecule has 0 spiro atoms. The summed E-state index contributed by atoms with van der Waals surface area (Å²) in [5.41, 5.74) is 4.87. The molecule has 0 saturated carbocycles. The van der Waals surface area contributed by atoms with Crippen molar-refractivity contribution in [2.24, 2.45) is 0 Å². The van der Waals surface area contributed by atoms with Gasteiger partial charge in [0, 0.05) is 11.7 Å². The molecule has 0 aromatic heterocycles. The van der Waals surface area contributed by atoms with Crippen LogP contribution in [-0.2, 0) is 6.42 Å². The maximum absolute atomic E-state index is 4.05. The number of benzene rings is 1. The van der Waals surface area contributed by atoms with Gasteiger partial charge in [-0.1, -0.05) is 125 Å². The highest BCUT2D eigenvalue weighted by atomic mass is 14.9. The summed E-state index contributed by atoms with van der Waals surface area (Å²) in [6.45, 7) is 24.7. The molecule has 188 valence electrons. The number of aryl methyl sites for hydroxylation is 1. The first-order valence-corrected chi connectivity index (χ1v) is 12.6. The zero-order chi connectivity index (χ0) is 26.0. The minimum atomic E-state index is 0.238. The highest BCUT2D eigenvalue weighted by Gasteiger charge is 2.01. The van der Waals surface area contributed by atoms with Gasteiger partial charge in [0.1, 0.15) is 0 Å². The van der Waals surface area contributed by atoms with Crippen LogP contribution in [0.3, 0.4) is 0 Å². The first-order chi connectivity index (χ1) is 16.5. The summed E-state index contributed by atoms with van der Waals surface area (Å²) in [6, 6.07) is 8.93. The smallest absolute Gasteiger partial charge is 0.0473 e. The summed E-state index contributed by atoms with van der Waals surface area (Å²) in [6.07, 6.45) is 21.0. The van der Waals surface area contributed by atoms with Crippen LogP contribution in [-0.4, -0.2) is 19.6 Å². The van der Waals surface area contributed by atoms with Gasteiger partial charge in [0.15, 0.2) is 0 Å². The summed E-state index contributed by atoms with van der Waals surface area (Å²) in [5.74, 6) is 0. The molecule has 0 heterocycles. The predicted octanol–water partition coefficient (Wildman–Crippen LogP) is 8.42. The molecule has 0 aliphatic heterocycles. The van der Waals surface area contributed by atoms with E-state index in [4.69, 9.17) is 0 Å². The van der Waals surface area contributed by atoms with Crippen LogP contribution in [0.2, 0.25) is 0 Å². The van der Waals surface area contributed by atoms with E-state index in [1.54, 1.807) is 12.2 Å². The molecule has 0 fully saturated rings. The largest absolute Gasteiger partial charge is 0.382 e. The van der Waals surface area contributed by atoms with Crippen molar-refractivity contribution < 1.29 is 0 Å². The van der Waals surface area contributed by atoms with Crippen LogP contribution in [0.1, 0.15) is 57.6 Å². The lowest BCUT2D eigenvalue weighted by atomic mass is 10.1. The lowest BCUT2D eigenvalue weighted by Crippen LogP contribution is -2.25. The van der Waals surface area contributed by atoms with Crippen LogP contribution < -0.4 is 10.6 Å². The van der Waals surface area contributed by atoms with E-state index in [1.807, 2.05) is 51.3 Å². The van der Waals surface area contributed by atoms with Crippen molar-refractivity contribution >= 4 is 0 Å². The normalized spacial score (nSPS) is 11.6. The summed E-state index contributed by atoms with van der Waals surface area (Å²) in [5, 5.41) is 6.53. The molecule has 2 N–H and O–H groups in total. The third kappa shape index (κ3) is 19.8. The first-order valence-electron chi connectivity index (χ1n) is 12.6. The first kappa shape index (κ1) is 33.3. The Morgan fingerprint density at radius 1 is 1.06 bits per heavy atom. The van der Waals surface area contributed by atoms with Crippen LogP contribution in [0.5, 0.6) is 0 Å². The molecule has 2 nitrogen and oxygen atoms in total. The molecular formula is C32H50N2. The van der Waals surface area contributed by atoms with E-state index in [2.05, 4.69) is 81.1 Å². The van der Waals surface area contributed by atoms with Crippen LogP contribution >= 0.6 is 0 Å². The number of hydrogen-bond acceptors (Lipinski definition) is 2. The van der Waals surface area contributed by atoms with Gasteiger partial charge >= 0.3 is 0 Å². The Balaban J connectivity index is 0. The van der Waals surface area contributed by atoms with E-state index in [9.17, 15) is 0 Å². The molecule has 1 aromatic carbocycles. The van der Waals surface area contributed by atoms with E-state index in [-0.39, 0.29) is 6.04 Å². The number of hydrogen-bond donors (Lipinski definition) is 2. The Morgan fingerprint density at radius 3 is 2.26 bits per heavy atom. The Morgan fingerprint density at radius 2 is 1.74 bits per heavy atom. The molecule has 34 heavy (non-hydrogen) atoms. The van der Waals surface area contributed by atoms with Gasteiger partial charge in [0.2, 0.25) is 0 Å². The van der Waals surface area contributed by atoms with Crippen molar-refractivity contribution in [3.05, 3.63) is 122 Å². The fraction of sp³-hybridized carbons (Fsp3) is 0.375. The minimum absolute atomic E-state index is 0.238. The monoisotopic (exact) mass is 462 g/mol. The molecule has 0 radical (unpaired) electrons. The molecule has 0 amide bonds. The van der Waals surface area contributed by atoms with Crippen molar-refractivity contribution in [2.45, 2.75) is 65.8 Å². The Kier molecular flexibility index (Phi) is 24.3. The average molecular weight is 463 g/mol. The number of rotatable bonds is 15. The third-order valence-electron chi connectivity index (χ3n) is 4.76. The number of unbranched alkanes of at least 4 members (excludes halogenated alkanes) is 1. The standard InChI is InChI=1S/C20H29N.C10H15N.C2H6/c1-6-10-15-18(5)21-20(9-4)17-13-11-12-16-19(8-3)14-7-2;1-9-3-5-10(6-4-9)7-8-11-2;1-2/h7-9,11-14,16,20-21H,2-6,10,15,17H2,1H3;3-6,11H,7-8H2,1-2H3;1-2H3/b13-11+,16-12+,19-14+;;. The molecule has 1 aromatic rings. The van der Waals surface area contributed by atoms with Gasteiger partial charge in [-0.3, -0.25) is 0 Å².